The number of hydrogen-bond acceptors (Lipinski definition) is 3. The second-order valence-electron chi connectivity index (χ2n) is 11.5. The van der Waals surface area contributed by atoms with Gasteiger partial charge in [-0.2, -0.15) is 13.2 Å². The molecule has 0 aromatic heterocycles. The lowest BCUT2D eigenvalue weighted by atomic mass is 9.69. The van der Waals surface area contributed by atoms with E-state index in [1.807, 2.05) is 19.1 Å². The van der Waals surface area contributed by atoms with Crippen LogP contribution in [0.5, 0.6) is 0 Å². The summed E-state index contributed by atoms with van der Waals surface area (Å²) in [5.41, 5.74) is 0.176. The van der Waals surface area contributed by atoms with Gasteiger partial charge in [0.25, 0.3) is 11.8 Å². The summed E-state index contributed by atoms with van der Waals surface area (Å²) in [5, 5.41) is 2.85. The van der Waals surface area contributed by atoms with Gasteiger partial charge in [0.2, 0.25) is 0 Å². The van der Waals surface area contributed by atoms with Crippen LogP contribution < -0.4 is 5.32 Å². The van der Waals surface area contributed by atoms with Crippen LogP contribution in [0.4, 0.5) is 13.2 Å². The number of hydrogen-bond donors (Lipinski definition) is 1. The van der Waals surface area contributed by atoms with Crippen LogP contribution in [0.15, 0.2) is 53.5 Å². The zero-order chi connectivity index (χ0) is 27.7. The van der Waals surface area contributed by atoms with Crippen LogP contribution >= 0.6 is 0 Å². The minimum atomic E-state index is -4.51. The van der Waals surface area contributed by atoms with Crippen LogP contribution in [0, 0.1) is 11.3 Å². The third-order valence-corrected chi connectivity index (χ3v) is 7.84. The van der Waals surface area contributed by atoms with Crippen molar-refractivity contribution in [3.63, 3.8) is 0 Å². The first-order valence-electron chi connectivity index (χ1n) is 13.3. The summed E-state index contributed by atoms with van der Waals surface area (Å²) in [5.74, 6) is -0.0371. The summed E-state index contributed by atoms with van der Waals surface area (Å²) in [4.78, 5) is 32.7. The molecule has 204 valence electrons. The normalized spacial score (nSPS) is 22.1. The summed E-state index contributed by atoms with van der Waals surface area (Å²) >= 11 is 0. The predicted molar refractivity (Wildman–Crippen MR) is 142 cm³/mol. The quantitative estimate of drug-likeness (QED) is 0.460. The molecule has 5 nitrogen and oxygen atoms in total. The number of carbonyl (C=O) groups is 2. The lowest BCUT2D eigenvalue weighted by Gasteiger charge is -2.44. The summed E-state index contributed by atoms with van der Waals surface area (Å²) < 4.78 is 40.2. The van der Waals surface area contributed by atoms with Gasteiger partial charge in [0.1, 0.15) is 11.4 Å². The standard InChI is InChI=1S/C30H36F3N3O2/c1-5-17-34-26(37)21-11-9-20(10-12-21)19-36-27(38)25(22-7-6-8-24(18-22)30(31,32)33)35-29(36)15-13-23(14-16-29)28(2,3)4/h6-12,18,23H,5,13-17,19H2,1-4H3,(H,34,37). The minimum absolute atomic E-state index is 0.0841. The van der Waals surface area contributed by atoms with Crippen molar-refractivity contribution in [2.45, 2.75) is 78.2 Å². The topological polar surface area (TPSA) is 61.8 Å². The monoisotopic (exact) mass is 527 g/mol. The molecule has 1 heterocycles. The van der Waals surface area contributed by atoms with Crippen LogP contribution in [0.25, 0.3) is 0 Å². The molecular weight excluding hydrogens is 491 g/mol. The van der Waals surface area contributed by atoms with E-state index in [0.29, 0.717) is 30.9 Å². The lowest BCUT2D eigenvalue weighted by molar-refractivity contribution is -0.137. The van der Waals surface area contributed by atoms with Gasteiger partial charge in [-0.3, -0.25) is 14.6 Å². The first-order valence-corrected chi connectivity index (χ1v) is 13.3. The number of halogens is 3. The maximum Gasteiger partial charge on any atom is 0.416 e. The SMILES string of the molecule is CCCNC(=O)c1ccc(CN2C(=O)C(c3cccc(C(F)(F)F)c3)=NC23CCC(C(C)(C)C)CC3)cc1. The second-order valence-corrected chi connectivity index (χ2v) is 11.5. The fourth-order valence-corrected chi connectivity index (χ4v) is 5.50. The molecule has 1 aliphatic carbocycles. The van der Waals surface area contributed by atoms with E-state index in [-0.39, 0.29) is 35.0 Å². The molecule has 1 fully saturated rings. The highest BCUT2D eigenvalue weighted by Crippen LogP contribution is 2.47. The van der Waals surface area contributed by atoms with Gasteiger partial charge in [0.15, 0.2) is 0 Å². The molecule has 1 spiro atoms. The van der Waals surface area contributed by atoms with Gasteiger partial charge in [-0.15, -0.1) is 0 Å². The van der Waals surface area contributed by atoms with E-state index in [9.17, 15) is 22.8 Å². The summed E-state index contributed by atoms with van der Waals surface area (Å²) in [6.07, 6.45) is -0.605. The Morgan fingerprint density at radius 3 is 2.32 bits per heavy atom. The average molecular weight is 528 g/mol. The van der Waals surface area contributed by atoms with E-state index >= 15 is 0 Å². The third kappa shape index (κ3) is 5.79. The molecule has 2 amide bonds. The number of carbonyl (C=O) groups excluding carboxylic acids is 2. The molecule has 0 saturated heterocycles. The molecule has 1 aliphatic heterocycles. The Morgan fingerprint density at radius 1 is 1.08 bits per heavy atom. The van der Waals surface area contributed by atoms with Gasteiger partial charge in [-0.25, -0.2) is 0 Å². The maximum atomic E-state index is 13.8. The van der Waals surface area contributed by atoms with E-state index in [1.165, 1.54) is 12.1 Å². The smallest absolute Gasteiger partial charge is 0.352 e. The van der Waals surface area contributed by atoms with Gasteiger partial charge >= 0.3 is 6.18 Å². The Labute approximate surface area is 222 Å². The average Bonchev–Trinajstić information content (AvgIpc) is 3.13. The van der Waals surface area contributed by atoms with Crippen LogP contribution in [0.1, 0.15) is 86.8 Å². The number of nitrogens with one attached hydrogen (secondary N) is 1. The highest BCUT2D eigenvalue weighted by Gasteiger charge is 2.50. The molecule has 0 radical (unpaired) electrons. The molecule has 1 N–H and O–H groups in total. The first-order chi connectivity index (χ1) is 17.8. The van der Waals surface area contributed by atoms with Crippen molar-refractivity contribution in [3.8, 4) is 0 Å². The van der Waals surface area contributed by atoms with Crippen LogP contribution in [0.2, 0.25) is 0 Å². The highest BCUT2D eigenvalue weighted by atomic mass is 19.4. The second kappa shape index (κ2) is 10.5. The molecule has 2 aromatic rings. The van der Waals surface area contributed by atoms with E-state index in [1.54, 1.807) is 17.0 Å². The van der Waals surface area contributed by atoms with Gasteiger partial charge in [-0.1, -0.05) is 52.0 Å². The minimum Gasteiger partial charge on any atom is -0.352 e. The van der Waals surface area contributed by atoms with E-state index < -0.39 is 17.4 Å². The fraction of sp³-hybridized carbons (Fsp3) is 0.500. The largest absolute Gasteiger partial charge is 0.416 e. The van der Waals surface area contributed by atoms with E-state index in [4.69, 9.17) is 4.99 Å². The molecular formula is C30H36F3N3O2. The molecule has 4 rings (SSSR count). The molecule has 38 heavy (non-hydrogen) atoms. The van der Waals surface area contributed by atoms with Gasteiger partial charge in [0.05, 0.1) is 5.56 Å². The first kappa shape index (κ1) is 27.9. The van der Waals surface area contributed by atoms with Crippen molar-refractivity contribution in [3.05, 3.63) is 70.8 Å². The molecule has 0 atom stereocenters. The summed E-state index contributed by atoms with van der Waals surface area (Å²) in [7, 11) is 0. The number of aliphatic imine (C=N–C) groups is 1. The van der Waals surface area contributed by atoms with Crippen LogP contribution in [-0.2, 0) is 17.5 Å². The van der Waals surface area contributed by atoms with Crippen molar-refractivity contribution in [2.75, 3.05) is 6.54 Å². The fourth-order valence-electron chi connectivity index (χ4n) is 5.50. The Morgan fingerprint density at radius 2 is 1.74 bits per heavy atom. The van der Waals surface area contributed by atoms with Crippen molar-refractivity contribution in [1.29, 1.82) is 0 Å². The third-order valence-electron chi connectivity index (χ3n) is 7.84. The predicted octanol–water partition coefficient (Wildman–Crippen LogP) is 6.61. The Kier molecular flexibility index (Phi) is 7.73. The number of benzene rings is 2. The van der Waals surface area contributed by atoms with Crippen molar-refractivity contribution >= 4 is 17.5 Å². The number of nitrogens with zero attached hydrogens (tertiary/aromatic N) is 2. The van der Waals surface area contributed by atoms with Crippen molar-refractivity contribution < 1.29 is 22.8 Å². The van der Waals surface area contributed by atoms with E-state index in [0.717, 1.165) is 37.0 Å². The Balaban J connectivity index is 1.64. The zero-order valence-corrected chi connectivity index (χ0v) is 22.5. The maximum absolute atomic E-state index is 13.8. The van der Waals surface area contributed by atoms with Crippen LogP contribution in [-0.4, -0.2) is 34.6 Å². The van der Waals surface area contributed by atoms with Gasteiger partial charge in [0, 0.05) is 24.2 Å². The number of alkyl halides is 3. The van der Waals surface area contributed by atoms with Gasteiger partial charge < -0.3 is 10.2 Å². The highest BCUT2D eigenvalue weighted by molar-refractivity contribution is 6.46. The molecule has 1 saturated carbocycles. The molecule has 0 bridgehead atoms. The molecule has 8 heteroatoms. The summed E-state index contributed by atoms with van der Waals surface area (Å²) in [6.45, 7) is 9.48. The molecule has 2 aromatic carbocycles. The summed E-state index contributed by atoms with van der Waals surface area (Å²) in [6, 6.07) is 12.0. The lowest BCUT2D eigenvalue weighted by Crippen LogP contribution is -2.49. The Hall–Kier alpha value is -3.16. The Bertz CT molecular complexity index is 1200. The van der Waals surface area contributed by atoms with Gasteiger partial charge in [-0.05, 0) is 73.3 Å². The molecule has 0 unspecified atom stereocenters. The number of rotatable bonds is 6. The zero-order valence-electron chi connectivity index (χ0n) is 22.5. The van der Waals surface area contributed by atoms with Crippen LogP contribution in [0.3, 0.4) is 0 Å². The number of amides is 2. The molecule has 2 aliphatic rings. The van der Waals surface area contributed by atoms with Crippen molar-refractivity contribution in [2.24, 2.45) is 16.3 Å². The van der Waals surface area contributed by atoms with Crippen molar-refractivity contribution in [1.82, 2.24) is 10.2 Å². The van der Waals surface area contributed by atoms with E-state index in [2.05, 4.69) is 26.1 Å².